The molecule has 0 rings (SSSR count). The lowest BCUT2D eigenvalue weighted by molar-refractivity contribution is 0.0264. The topological polar surface area (TPSA) is 40.5 Å². The molecule has 2 heteroatoms. The highest BCUT2D eigenvalue weighted by molar-refractivity contribution is 4.94. The molecule has 0 aromatic rings. The van der Waals surface area contributed by atoms with Gasteiger partial charge >= 0.3 is 0 Å². The molecule has 0 aliphatic carbocycles. The highest BCUT2D eigenvalue weighted by atomic mass is 16.3. The maximum absolute atomic E-state index is 8.96. The predicted molar refractivity (Wildman–Crippen MR) is 38.9 cm³/mol. The summed E-state index contributed by atoms with van der Waals surface area (Å²) in [5.41, 5.74) is 0. The molecule has 2 unspecified atom stereocenters. The maximum atomic E-state index is 8.96. The van der Waals surface area contributed by atoms with Crippen molar-refractivity contribution in [2.45, 2.75) is 25.0 Å². The highest BCUT2D eigenvalue weighted by Crippen LogP contribution is 2.00. The first-order valence-corrected chi connectivity index (χ1v) is 2.95. The molecular formula is C8H10O2. The van der Waals surface area contributed by atoms with Crippen LogP contribution in [0.15, 0.2) is 0 Å². The summed E-state index contributed by atoms with van der Waals surface area (Å²) in [5.74, 6) is 4.46. The third kappa shape index (κ3) is 3.14. The molecule has 0 aliphatic heterocycles. The van der Waals surface area contributed by atoms with Crippen LogP contribution in [0.1, 0.15) is 12.8 Å². The Morgan fingerprint density at radius 1 is 1.00 bits per heavy atom. The molecule has 0 saturated carbocycles. The third-order valence-electron chi connectivity index (χ3n) is 1.10. The Balaban J connectivity index is 3.63. The van der Waals surface area contributed by atoms with Crippen LogP contribution in [0.5, 0.6) is 0 Å². The fourth-order valence-corrected chi connectivity index (χ4v) is 0.514. The molecular weight excluding hydrogens is 128 g/mol. The molecule has 0 amide bonds. The first-order valence-electron chi connectivity index (χ1n) is 2.95. The van der Waals surface area contributed by atoms with Gasteiger partial charge in [0, 0.05) is 12.8 Å². The number of rotatable bonds is 3. The second-order valence-electron chi connectivity index (χ2n) is 1.95. The summed E-state index contributed by atoms with van der Waals surface area (Å²) in [7, 11) is 0. The van der Waals surface area contributed by atoms with Crippen LogP contribution in [0.3, 0.4) is 0 Å². The summed E-state index contributed by atoms with van der Waals surface area (Å²) in [6, 6.07) is 0. The molecule has 0 fully saturated rings. The Labute approximate surface area is 60.9 Å². The van der Waals surface area contributed by atoms with Gasteiger partial charge in [-0.15, -0.1) is 24.7 Å². The molecule has 0 aliphatic rings. The quantitative estimate of drug-likeness (QED) is 0.528. The van der Waals surface area contributed by atoms with Crippen LogP contribution < -0.4 is 0 Å². The molecule has 0 heterocycles. The van der Waals surface area contributed by atoms with Gasteiger partial charge in [-0.1, -0.05) is 0 Å². The second kappa shape index (κ2) is 4.88. The minimum absolute atomic E-state index is 0.142. The number of aliphatic hydroxyl groups excluding tert-OH is 2. The largest absolute Gasteiger partial charge is 0.389 e. The van der Waals surface area contributed by atoms with Gasteiger partial charge < -0.3 is 10.2 Å². The van der Waals surface area contributed by atoms with Gasteiger partial charge in [0.2, 0.25) is 0 Å². The standard InChI is InChI=1S/C8H10O2/c1-3-5-7(9)8(10)6-4-2/h1-2,7-10H,5-6H2. The summed E-state index contributed by atoms with van der Waals surface area (Å²) in [4.78, 5) is 0. The van der Waals surface area contributed by atoms with E-state index in [1.807, 2.05) is 0 Å². The van der Waals surface area contributed by atoms with Gasteiger partial charge in [-0.25, -0.2) is 0 Å². The zero-order valence-electron chi connectivity index (χ0n) is 5.62. The van der Waals surface area contributed by atoms with E-state index in [0.717, 1.165) is 0 Å². The average molecular weight is 138 g/mol. The van der Waals surface area contributed by atoms with Crippen molar-refractivity contribution in [2.24, 2.45) is 0 Å². The molecule has 54 valence electrons. The summed E-state index contributed by atoms with van der Waals surface area (Å²) < 4.78 is 0. The smallest absolute Gasteiger partial charge is 0.0917 e. The summed E-state index contributed by atoms with van der Waals surface area (Å²) in [5, 5.41) is 17.9. The molecule has 0 aromatic carbocycles. The van der Waals surface area contributed by atoms with Gasteiger partial charge in [-0.2, -0.15) is 0 Å². The first kappa shape index (κ1) is 9.04. The van der Waals surface area contributed by atoms with Gasteiger partial charge in [-0.05, 0) is 0 Å². The minimum Gasteiger partial charge on any atom is -0.389 e. The van der Waals surface area contributed by atoms with E-state index in [-0.39, 0.29) is 12.8 Å². The van der Waals surface area contributed by atoms with Crippen LogP contribution in [-0.2, 0) is 0 Å². The van der Waals surface area contributed by atoms with E-state index in [2.05, 4.69) is 11.8 Å². The zero-order valence-corrected chi connectivity index (χ0v) is 5.62. The Morgan fingerprint density at radius 2 is 1.30 bits per heavy atom. The van der Waals surface area contributed by atoms with E-state index in [9.17, 15) is 0 Å². The fraction of sp³-hybridized carbons (Fsp3) is 0.500. The second-order valence-corrected chi connectivity index (χ2v) is 1.95. The van der Waals surface area contributed by atoms with E-state index >= 15 is 0 Å². The van der Waals surface area contributed by atoms with E-state index < -0.39 is 12.2 Å². The van der Waals surface area contributed by atoms with E-state index in [1.165, 1.54) is 0 Å². The number of hydrogen-bond donors (Lipinski definition) is 2. The van der Waals surface area contributed by atoms with Crippen LogP contribution in [0.4, 0.5) is 0 Å². The molecule has 10 heavy (non-hydrogen) atoms. The molecule has 2 N–H and O–H groups in total. The van der Waals surface area contributed by atoms with E-state index in [0.29, 0.717) is 0 Å². The molecule has 0 aromatic heterocycles. The van der Waals surface area contributed by atoms with Gasteiger partial charge in [0.05, 0.1) is 12.2 Å². The van der Waals surface area contributed by atoms with Crippen molar-refractivity contribution in [2.75, 3.05) is 0 Å². The Hall–Kier alpha value is -0.960. The van der Waals surface area contributed by atoms with Crippen molar-refractivity contribution >= 4 is 0 Å². The van der Waals surface area contributed by atoms with Crippen molar-refractivity contribution in [3.8, 4) is 24.7 Å². The molecule has 2 nitrogen and oxygen atoms in total. The van der Waals surface area contributed by atoms with Gasteiger partial charge in [0.15, 0.2) is 0 Å². The first-order chi connectivity index (χ1) is 4.72. The summed E-state index contributed by atoms with van der Waals surface area (Å²) in [6.45, 7) is 0. The van der Waals surface area contributed by atoms with Gasteiger partial charge in [-0.3, -0.25) is 0 Å². The number of terminal acetylenes is 2. The van der Waals surface area contributed by atoms with Crippen molar-refractivity contribution in [1.29, 1.82) is 0 Å². The maximum Gasteiger partial charge on any atom is 0.0917 e. The lowest BCUT2D eigenvalue weighted by atomic mass is 10.1. The average Bonchev–Trinajstić information content (AvgIpc) is 1.89. The third-order valence-corrected chi connectivity index (χ3v) is 1.10. The van der Waals surface area contributed by atoms with Crippen LogP contribution in [-0.4, -0.2) is 22.4 Å². The molecule has 0 radical (unpaired) electrons. The van der Waals surface area contributed by atoms with Crippen LogP contribution in [0.25, 0.3) is 0 Å². The monoisotopic (exact) mass is 138 g/mol. The molecule has 0 bridgehead atoms. The zero-order chi connectivity index (χ0) is 7.98. The molecule has 0 saturated heterocycles. The van der Waals surface area contributed by atoms with E-state index in [4.69, 9.17) is 23.1 Å². The minimum atomic E-state index is -0.888. The lowest BCUT2D eigenvalue weighted by Gasteiger charge is -2.11. The number of hydrogen-bond acceptors (Lipinski definition) is 2. The SMILES string of the molecule is C#CCC(O)C(O)CC#C. The Morgan fingerprint density at radius 3 is 1.50 bits per heavy atom. The van der Waals surface area contributed by atoms with Crippen molar-refractivity contribution < 1.29 is 10.2 Å². The highest BCUT2D eigenvalue weighted by Gasteiger charge is 2.12. The fourth-order valence-electron chi connectivity index (χ4n) is 0.514. The normalized spacial score (nSPS) is 14.8. The van der Waals surface area contributed by atoms with Crippen molar-refractivity contribution in [3.05, 3.63) is 0 Å². The van der Waals surface area contributed by atoms with Crippen LogP contribution in [0, 0.1) is 24.7 Å². The number of aliphatic hydroxyl groups is 2. The van der Waals surface area contributed by atoms with Crippen LogP contribution in [0.2, 0.25) is 0 Å². The summed E-state index contributed by atoms with van der Waals surface area (Å²) >= 11 is 0. The van der Waals surface area contributed by atoms with E-state index in [1.54, 1.807) is 0 Å². The Kier molecular flexibility index (Phi) is 4.41. The Bertz CT molecular complexity index is 141. The van der Waals surface area contributed by atoms with Crippen molar-refractivity contribution in [1.82, 2.24) is 0 Å². The van der Waals surface area contributed by atoms with Gasteiger partial charge in [0.25, 0.3) is 0 Å². The predicted octanol–water partition coefficient (Wildman–Crippen LogP) is -0.245. The molecule has 0 spiro atoms. The van der Waals surface area contributed by atoms with Crippen molar-refractivity contribution in [3.63, 3.8) is 0 Å². The molecule has 2 atom stereocenters. The lowest BCUT2D eigenvalue weighted by Crippen LogP contribution is -2.24. The summed E-state index contributed by atoms with van der Waals surface area (Å²) in [6.07, 6.45) is 8.29. The van der Waals surface area contributed by atoms with Crippen LogP contribution >= 0.6 is 0 Å². The van der Waals surface area contributed by atoms with Gasteiger partial charge in [0.1, 0.15) is 0 Å².